The van der Waals surface area contributed by atoms with E-state index in [0.29, 0.717) is 46.1 Å². The summed E-state index contributed by atoms with van der Waals surface area (Å²) in [5.74, 6) is 0.0399. The zero-order valence-electron chi connectivity index (χ0n) is 23.8. The fraction of sp³-hybridized carbons (Fsp3) is 0.333. The van der Waals surface area contributed by atoms with Crippen molar-refractivity contribution in [2.45, 2.75) is 50.3 Å². The summed E-state index contributed by atoms with van der Waals surface area (Å²) in [6.07, 6.45) is 2.44. The van der Waals surface area contributed by atoms with Crippen molar-refractivity contribution in [2.24, 2.45) is 0 Å². The second kappa shape index (κ2) is 13.1. The smallest absolute Gasteiger partial charge is 0.294 e. The first-order chi connectivity index (χ1) is 20.1. The standard InChI is InChI=1S/C30H31FN2O8S/c1-16(2)41-28-21-6-8-24(32-30(35)18-10-17(11-19(31)12-18)15-40-33(36)37)23-13-25(34)27(42-5)9-7-20(23)22(21)14-26(38-3)29(28)39-4/h7,9-14,16,24H,6,8,15H2,1-5H3,(H,32,35)/t24-/m0/s1. The van der Waals surface area contributed by atoms with Gasteiger partial charge in [0.15, 0.2) is 16.9 Å². The number of nitrogens with one attached hydrogen (secondary N) is 1. The average molecular weight is 599 g/mol. The van der Waals surface area contributed by atoms with Crippen molar-refractivity contribution in [3.05, 3.63) is 90.9 Å². The van der Waals surface area contributed by atoms with Crippen LogP contribution in [0.5, 0.6) is 17.2 Å². The van der Waals surface area contributed by atoms with Crippen molar-refractivity contribution < 1.29 is 33.3 Å². The molecule has 0 heterocycles. The Balaban J connectivity index is 1.86. The fourth-order valence-electron chi connectivity index (χ4n) is 5.01. The molecule has 1 N–H and O–H groups in total. The minimum atomic E-state index is -0.991. The highest BCUT2D eigenvalue weighted by Gasteiger charge is 2.30. The Kier molecular flexibility index (Phi) is 9.56. The second-order valence-corrected chi connectivity index (χ2v) is 10.7. The Morgan fingerprint density at radius 2 is 1.88 bits per heavy atom. The number of methoxy groups -OCH3 is 2. The number of rotatable bonds is 10. The third kappa shape index (κ3) is 6.59. The number of nitrogens with zero attached hydrogens (tertiary/aromatic N) is 1. The molecule has 3 aromatic rings. The number of amides is 1. The van der Waals surface area contributed by atoms with Crippen molar-refractivity contribution in [2.75, 3.05) is 20.5 Å². The molecule has 1 aliphatic carbocycles. The summed E-state index contributed by atoms with van der Waals surface area (Å²) in [6, 6.07) is 9.71. The molecule has 12 heteroatoms. The van der Waals surface area contributed by atoms with Crippen molar-refractivity contribution in [3.8, 4) is 28.4 Å². The van der Waals surface area contributed by atoms with Crippen LogP contribution in [0, 0.1) is 15.9 Å². The van der Waals surface area contributed by atoms with Gasteiger partial charge < -0.3 is 24.4 Å². The van der Waals surface area contributed by atoms with Gasteiger partial charge >= 0.3 is 0 Å². The van der Waals surface area contributed by atoms with Gasteiger partial charge in [0.05, 0.1) is 31.3 Å². The third-order valence-corrected chi connectivity index (χ3v) is 7.53. The van der Waals surface area contributed by atoms with Gasteiger partial charge in [-0.2, -0.15) is 0 Å². The molecule has 0 aliphatic heterocycles. The number of carbonyl (C=O) groups is 1. The Morgan fingerprint density at radius 1 is 1.12 bits per heavy atom. The predicted octanol–water partition coefficient (Wildman–Crippen LogP) is 5.50. The van der Waals surface area contributed by atoms with E-state index in [9.17, 15) is 24.1 Å². The third-order valence-electron chi connectivity index (χ3n) is 6.75. The van der Waals surface area contributed by atoms with E-state index in [1.807, 2.05) is 32.2 Å². The van der Waals surface area contributed by atoms with Gasteiger partial charge in [0.2, 0.25) is 5.75 Å². The molecular weight excluding hydrogens is 567 g/mol. The van der Waals surface area contributed by atoms with Crippen LogP contribution in [0.25, 0.3) is 11.1 Å². The SMILES string of the molecule is COc1cc2c(c(OC(C)C)c1OC)CC[C@H](NC(=O)c1cc(F)cc(CO[N+](=O)[O-])c1)c1cc(=O)c(SC)ccc1-2. The van der Waals surface area contributed by atoms with Crippen LogP contribution in [0.1, 0.15) is 53.4 Å². The van der Waals surface area contributed by atoms with Gasteiger partial charge in [0.1, 0.15) is 12.4 Å². The quantitative estimate of drug-likeness (QED) is 0.183. The van der Waals surface area contributed by atoms with Crippen LogP contribution in [-0.2, 0) is 17.9 Å². The Morgan fingerprint density at radius 3 is 2.52 bits per heavy atom. The second-order valence-electron chi connectivity index (χ2n) is 9.82. The molecule has 4 rings (SSSR count). The van der Waals surface area contributed by atoms with E-state index in [4.69, 9.17) is 14.2 Å². The molecule has 0 radical (unpaired) electrons. The molecule has 0 aromatic heterocycles. The molecule has 0 bridgehead atoms. The van der Waals surface area contributed by atoms with Gasteiger partial charge in [-0.1, -0.05) is 6.07 Å². The van der Waals surface area contributed by atoms with Crippen LogP contribution in [0.2, 0.25) is 0 Å². The fourth-order valence-corrected chi connectivity index (χ4v) is 5.47. The maximum Gasteiger partial charge on any atom is 0.294 e. The number of halogens is 1. The van der Waals surface area contributed by atoms with Gasteiger partial charge in [-0.15, -0.1) is 21.9 Å². The Hall–Kier alpha value is -4.32. The van der Waals surface area contributed by atoms with E-state index in [2.05, 4.69) is 10.2 Å². The highest BCUT2D eigenvalue weighted by molar-refractivity contribution is 7.98. The minimum Gasteiger partial charge on any atom is -0.493 e. The van der Waals surface area contributed by atoms with Gasteiger partial charge in [-0.25, -0.2) is 4.39 Å². The molecule has 42 heavy (non-hydrogen) atoms. The van der Waals surface area contributed by atoms with E-state index < -0.39 is 29.5 Å². The van der Waals surface area contributed by atoms with E-state index >= 15 is 0 Å². The van der Waals surface area contributed by atoms with Gasteiger partial charge in [0.25, 0.3) is 11.0 Å². The van der Waals surface area contributed by atoms with Crippen molar-refractivity contribution in [1.82, 2.24) is 5.32 Å². The van der Waals surface area contributed by atoms with Crippen LogP contribution >= 0.6 is 11.8 Å². The lowest BCUT2D eigenvalue weighted by molar-refractivity contribution is -0.763. The van der Waals surface area contributed by atoms with Gasteiger partial charge in [0, 0.05) is 11.1 Å². The number of hydrogen-bond acceptors (Lipinski definition) is 9. The highest BCUT2D eigenvalue weighted by Crippen LogP contribution is 2.49. The lowest BCUT2D eigenvalue weighted by Crippen LogP contribution is -2.29. The minimum absolute atomic E-state index is 0.0418. The van der Waals surface area contributed by atoms with Crippen LogP contribution in [0.3, 0.4) is 0 Å². The predicted molar refractivity (Wildman–Crippen MR) is 156 cm³/mol. The van der Waals surface area contributed by atoms with Crippen LogP contribution in [0.15, 0.2) is 52.2 Å². The van der Waals surface area contributed by atoms with Crippen LogP contribution < -0.4 is 25.0 Å². The van der Waals surface area contributed by atoms with E-state index in [0.717, 1.165) is 23.3 Å². The molecule has 1 aliphatic rings. The number of benzene rings is 2. The molecule has 1 amide bonds. The Bertz CT molecular complexity index is 1580. The monoisotopic (exact) mass is 598 g/mol. The largest absolute Gasteiger partial charge is 0.493 e. The molecule has 0 fully saturated rings. The van der Waals surface area contributed by atoms with Gasteiger partial charge in [-0.05, 0) is 91.6 Å². The molecular formula is C30H31FN2O8S. The number of carbonyl (C=O) groups excluding carboxylic acids is 1. The highest BCUT2D eigenvalue weighted by atomic mass is 32.2. The van der Waals surface area contributed by atoms with Crippen molar-refractivity contribution in [3.63, 3.8) is 0 Å². The topological polar surface area (TPSA) is 126 Å². The van der Waals surface area contributed by atoms with Crippen LogP contribution in [0.4, 0.5) is 4.39 Å². The summed E-state index contributed by atoms with van der Waals surface area (Å²) in [4.78, 5) is 42.1. The van der Waals surface area contributed by atoms with E-state index in [1.165, 1.54) is 38.1 Å². The number of fused-ring (bicyclic) bond motifs is 3. The maximum absolute atomic E-state index is 14.4. The first kappa shape index (κ1) is 30.6. The summed E-state index contributed by atoms with van der Waals surface area (Å²) in [7, 11) is 3.06. The molecule has 3 aromatic carbocycles. The Labute approximate surface area is 246 Å². The van der Waals surface area contributed by atoms with E-state index in [1.54, 1.807) is 6.07 Å². The summed E-state index contributed by atoms with van der Waals surface area (Å²) in [6.45, 7) is 3.29. The lowest BCUT2D eigenvalue weighted by Gasteiger charge is -2.21. The zero-order valence-corrected chi connectivity index (χ0v) is 24.6. The molecule has 0 unspecified atom stereocenters. The first-order valence-electron chi connectivity index (χ1n) is 13.1. The van der Waals surface area contributed by atoms with Crippen LogP contribution in [-0.4, -0.2) is 37.6 Å². The summed E-state index contributed by atoms with van der Waals surface area (Å²) < 4.78 is 31.9. The normalized spacial score (nSPS) is 13.8. The molecule has 222 valence electrons. The maximum atomic E-state index is 14.4. The number of thioether (sulfide) groups is 1. The molecule has 0 saturated heterocycles. The average Bonchev–Trinajstić information content (AvgIpc) is 3.19. The van der Waals surface area contributed by atoms with E-state index in [-0.39, 0.29) is 22.7 Å². The molecule has 10 nitrogen and oxygen atoms in total. The zero-order chi connectivity index (χ0) is 30.6. The number of hydrogen-bond donors (Lipinski definition) is 1. The molecule has 1 atom stereocenters. The molecule has 0 saturated carbocycles. The first-order valence-corrected chi connectivity index (χ1v) is 14.3. The number of ether oxygens (including phenoxy) is 3. The lowest BCUT2D eigenvalue weighted by atomic mass is 9.96. The van der Waals surface area contributed by atoms with Crippen molar-refractivity contribution >= 4 is 17.7 Å². The molecule has 0 spiro atoms. The summed E-state index contributed by atoms with van der Waals surface area (Å²) in [5, 5.41) is 12.6. The van der Waals surface area contributed by atoms with Gasteiger partial charge in [-0.3, -0.25) is 9.59 Å². The summed E-state index contributed by atoms with van der Waals surface area (Å²) in [5.41, 5.74) is 2.73. The van der Waals surface area contributed by atoms with Crippen molar-refractivity contribution in [1.29, 1.82) is 0 Å². The summed E-state index contributed by atoms with van der Waals surface area (Å²) >= 11 is 1.31.